The van der Waals surface area contributed by atoms with Crippen LogP contribution in [0.1, 0.15) is 0 Å². The molecule has 24 heavy (non-hydrogen) atoms. The SMILES string of the molecule is O=c1cc(N2CCN(c3ncnc4cc(F)ccc34)CC2)nc[nH]1. The predicted molar refractivity (Wildman–Crippen MR) is 88.8 cm³/mol. The van der Waals surface area contributed by atoms with Crippen molar-refractivity contribution in [2.24, 2.45) is 0 Å². The molecule has 0 amide bonds. The lowest BCUT2D eigenvalue weighted by Gasteiger charge is -2.36. The molecule has 0 bridgehead atoms. The number of aromatic amines is 1. The van der Waals surface area contributed by atoms with Crippen LogP contribution in [0.3, 0.4) is 0 Å². The molecule has 0 radical (unpaired) electrons. The largest absolute Gasteiger partial charge is 0.353 e. The summed E-state index contributed by atoms with van der Waals surface area (Å²) in [7, 11) is 0. The van der Waals surface area contributed by atoms with Gasteiger partial charge in [-0.3, -0.25) is 4.79 Å². The van der Waals surface area contributed by atoms with E-state index in [-0.39, 0.29) is 11.4 Å². The molecule has 8 heteroatoms. The van der Waals surface area contributed by atoms with Crippen LogP contribution in [-0.4, -0.2) is 46.1 Å². The molecule has 3 heterocycles. The van der Waals surface area contributed by atoms with E-state index >= 15 is 0 Å². The Morgan fingerprint density at radius 1 is 1.00 bits per heavy atom. The Balaban J connectivity index is 1.57. The maximum absolute atomic E-state index is 13.4. The second-order valence-corrected chi connectivity index (χ2v) is 5.60. The van der Waals surface area contributed by atoms with Gasteiger partial charge in [-0.2, -0.15) is 0 Å². The van der Waals surface area contributed by atoms with Crippen molar-refractivity contribution < 1.29 is 4.39 Å². The van der Waals surface area contributed by atoms with Crippen LogP contribution < -0.4 is 15.4 Å². The van der Waals surface area contributed by atoms with Crippen LogP contribution in [0.4, 0.5) is 16.0 Å². The van der Waals surface area contributed by atoms with E-state index < -0.39 is 0 Å². The number of piperazine rings is 1. The van der Waals surface area contributed by atoms with Crippen molar-refractivity contribution in [1.82, 2.24) is 19.9 Å². The van der Waals surface area contributed by atoms with Crippen molar-refractivity contribution in [3.8, 4) is 0 Å². The van der Waals surface area contributed by atoms with Crippen LogP contribution in [0.2, 0.25) is 0 Å². The maximum Gasteiger partial charge on any atom is 0.252 e. The fraction of sp³-hybridized carbons (Fsp3) is 0.250. The zero-order chi connectivity index (χ0) is 16.5. The monoisotopic (exact) mass is 326 g/mol. The Hall–Kier alpha value is -3.03. The third-order valence-electron chi connectivity index (χ3n) is 4.14. The molecule has 1 saturated heterocycles. The number of nitrogens with zero attached hydrogens (tertiary/aromatic N) is 5. The number of halogens is 1. The third-order valence-corrected chi connectivity index (χ3v) is 4.14. The van der Waals surface area contributed by atoms with Crippen LogP contribution in [-0.2, 0) is 0 Å². The van der Waals surface area contributed by atoms with Gasteiger partial charge in [0.05, 0.1) is 11.8 Å². The van der Waals surface area contributed by atoms with Gasteiger partial charge in [0.25, 0.3) is 5.56 Å². The Morgan fingerprint density at radius 3 is 2.58 bits per heavy atom. The normalized spacial score (nSPS) is 15.0. The van der Waals surface area contributed by atoms with Crippen molar-refractivity contribution in [1.29, 1.82) is 0 Å². The maximum atomic E-state index is 13.4. The van der Waals surface area contributed by atoms with Crippen molar-refractivity contribution in [2.75, 3.05) is 36.0 Å². The van der Waals surface area contributed by atoms with Crippen LogP contribution in [0.5, 0.6) is 0 Å². The minimum absolute atomic E-state index is 0.161. The number of hydrogen-bond acceptors (Lipinski definition) is 6. The lowest BCUT2D eigenvalue weighted by atomic mass is 10.2. The first-order chi connectivity index (χ1) is 11.7. The number of aromatic nitrogens is 4. The number of anilines is 2. The van der Waals surface area contributed by atoms with Crippen LogP contribution in [0, 0.1) is 5.82 Å². The summed E-state index contributed by atoms with van der Waals surface area (Å²) in [6, 6.07) is 6.05. The standard InChI is InChI=1S/C16H15FN6O/c17-11-1-2-12-13(7-11)18-9-21-16(12)23-5-3-22(4-6-23)14-8-15(24)20-10-19-14/h1-2,7-10H,3-6H2,(H,19,20,24). The average molecular weight is 326 g/mol. The summed E-state index contributed by atoms with van der Waals surface area (Å²) in [6.45, 7) is 2.92. The topological polar surface area (TPSA) is 78.0 Å². The number of rotatable bonds is 2. The van der Waals surface area contributed by atoms with Gasteiger partial charge in [-0.1, -0.05) is 0 Å². The lowest BCUT2D eigenvalue weighted by molar-refractivity contribution is 0.628. The van der Waals surface area contributed by atoms with E-state index in [9.17, 15) is 9.18 Å². The Kier molecular flexibility index (Phi) is 3.56. The molecular weight excluding hydrogens is 311 g/mol. The molecule has 0 spiro atoms. The molecule has 7 nitrogen and oxygen atoms in total. The van der Waals surface area contributed by atoms with E-state index in [1.54, 1.807) is 6.07 Å². The quantitative estimate of drug-likeness (QED) is 0.762. The van der Waals surface area contributed by atoms with Gasteiger partial charge < -0.3 is 14.8 Å². The number of benzene rings is 1. The average Bonchev–Trinajstić information content (AvgIpc) is 2.61. The summed E-state index contributed by atoms with van der Waals surface area (Å²) in [4.78, 5) is 30.9. The molecule has 1 aromatic carbocycles. The fourth-order valence-electron chi connectivity index (χ4n) is 2.95. The second-order valence-electron chi connectivity index (χ2n) is 5.60. The first-order valence-corrected chi connectivity index (χ1v) is 7.65. The van der Waals surface area contributed by atoms with Gasteiger partial charge in [0.2, 0.25) is 0 Å². The molecule has 1 N–H and O–H groups in total. The zero-order valence-corrected chi connectivity index (χ0v) is 12.8. The molecule has 1 fully saturated rings. The van der Waals surface area contributed by atoms with E-state index in [1.165, 1.54) is 30.9 Å². The van der Waals surface area contributed by atoms with Gasteiger partial charge in [0.15, 0.2) is 0 Å². The molecule has 2 aromatic heterocycles. The summed E-state index contributed by atoms with van der Waals surface area (Å²) in [6.07, 6.45) is 2.87. The summed E-state index contributed by atoms with van der Waals surface area (Å²) >= 11 is 0. The number of H-pyrrole nitrogens is 1. The van der Waals surface area contributed by atoms with Gasteiger partial charge in [-0.05, 0) is 12.1 Å². The number of fused-ring (bicyclic) bond motifs is 1. The van der Waals surface area contributed by atoms with E-state index in [4.69, 9.17) is 0 Å². The second kappa shape index (κ2) is 5.88. The fourth-order valence-corrected chi connectivity index (χ4v) is 2.95. The van der Waals surface area contributed by atoms with Crippen molar-refractivity contribution in [3.05, 3.63) is 53.1 Å². The molecule has 122 valence electrons. The molecular formula is C16H15FN6O. The molecule has 1 aliphatic rings. The first kappa shape index (κ1) is 14.6. The highest BCUT2D eigenvalue weighted by Gasteiger charge is 2.21. The smallest absolute Gasteiger partial charge is 0.252 e. The molecule has 4 rings (SSSR count). The Morgan fingerprint density at radius 2 is 1.79 bits per heavy atom. The first-order valence-electron chi connectivity index (χ1n) is 7.65. The molecule has 0 unspecified atom stereocenters. The molecule has 0 saturated carbocycles. The summed E-state index contributed by atoms with van der Waals surface area (Å²) < 4.78 is 13.4. The van der Waals surface area contributed by atoms with Gasteiger partial charge in [-0.15, -0.1) is 0 Å². The minimum Gasteiger partial charge on any atom is -0.353 e. The lowest BCUT2D eigenvalue weighted by Crippen LogP contribution is -2.47. The summed E-state index contributed by atoms with van der Waals surface area (Å²) in [5.74, 6) is 1.17. The van der Waals surface area contributed by atoms with Crippen molar-refractivity contribution >= 4 is 22.5 Å². The zero-order valence-electron chi connectivity index (χ0n) is 12.8. The van der Waals surface area contributed by atoms with E-state index in [0.29, 0.717) is 11.3 Å². The molecule has 0 aliphatic carbocycles. The highest BCUT2D eigenvalue weighted by Crippen LogP contribution is 2.25. The van der Waals surface area contributed by atoms with Crippen LogP contribution in [0.25, 0.3) is 10.9 Å². The third kappa shape index (κ3) is 2.66. The van der Waals surface area contributed by atoms with Gasteiger partial charge in [0.1, 0.15) is 23.8 Å². The minimum atomic E-state index is -0.308. The van der Waals surface area contributed by atoms with Crippen LogP contribution >= 0.6 is 0 Å². The van der Waals surface area contributed by atoms with Gasteiger partial charge in [0, 0.05) is 43.7 Å². The van der Waals surface area contributed by atoms with Crippen LogP contribution in [0.15, 0.2) is 41.7 Å². The molecule has 1 aliphatic heterocycles. The number of hydrogen-bond donors (Lipinski definition) is 1. The highest BCUT2D eigenvalue weighted by molar-refractivity contribution is 5.89. The molecule has 3 aromatic rings. The Bertz CT molecular complexity index is 935. The van der Waals surface area contributed by atoms with Gasteiger partial charge >= 0.3 is 0 Å². The predicted octanol–water partition coefficient (Wildman–Crippen LogP) is 1.18. The number of nitrogens with one attached hydrogen (secondary N) is 1. The highest BCUT2D eigenvalue weighted by atomic mass is 19.1. The van der Waals surface area contributed by atoms with Gasteiger partial charge in [-0.25, -0.2) is 19.3 Å². The van der Waals surface area contributed by atoms with E-state index in [2.05, 4.69) is 29.7 Å². The van der Waals surface area contributed by atoms with Crippen molar-refractivity contribution in [3.63, 3.8) is 0 Å². The Labute approximate surface area is 136 Å². The van der Waals surface area contributed by atoms with E-state index in [0.717, 1.165) is 37.4 Å². The summed E-state index contributed by atoms with van der Waals surface area (Å²) in [5, 5.41) is 0.835. The summed E-state index contributed by atoms with van der Waals surface area (Å²) in [5.41, 5.74) is 0.435. The molecule has 0 atom stereocenters. The van der Waals surface area contributed by atoms with Crippen molar-refractivity contribution in [2.45, 2.75) is 0 Å². The van der Waals surface area contributed by atoms with E-state index in [1.807, 2.05) is 0 Å².